The van der Waals surface area contributed by atoms with Crippen molar-refractivity contribution in [1.82, 2.24) is 14.3 Å². The van der Waals surface area contributed by atoms with E-state index >= 15 is 0 Å². The Kier molecular flexibility index (Phi) is 5.65. The number of carbonyl (C=O) groups is 1. The van der Waals surface area contributed by atoms with Gasteiger partial charge in [-0.15, -0.1) is 0 Å². The Morgan fingerprint density at radius 2 is 2.00 bits per heavy atom. The van der Waals surface area contributed by atoms with Crippen LogP contribution in [0.4, 0.5) is 4.79 Å². The number of fused-ring (bicyclic) bond motifs is 1. The van der Waals surface area contributed by atoms with E-state index in [1.807, 2.05) is 43.9 Å². The molecule has 1 saturated heterocycles. The number of imidazole rings is 1. The Balaban J connectivity index is 1.72. The smallest absolute Gasteiger partial charge is 0.410 e. The molecule has 4 rings (SSSR count). The van der Waals surface area contributed by atoms with Gasteiger partial charge in [0, 0.05) is 30.8 Å². The summed E-state index contributed by atoms with van der Waals surface area (Å²) in [6.45, 7) is 9.12. The molecule has 31 heavy (non-hydrogen) atoms. The van der Waals surface area contributed by atoms with Crippen molar-refractivity contribution in [2.75, 3.05) is 20.2 Å². The quantitative estimate of drug-likeness (QED) is 0.566. The number of carbonyl (C=O) groups excluding carboxylic acids is 1. The third-order valence-electron chi connectivity index (χ3n) is 5.59. The van der Waals surface area contributed by atoms with Crippen LogP contribution in [0, 0.1) is 6.92 Å². The molecule has 0 saturated carbocycles. The Bertz CT molecular complexity index is 1100. The van der Waals surface area contributed by atoms with Crippen LogP contribution < -0.4 is 4.74 Å². The molecule has 0 spiro atoms. The van der Waals surface area contributed by atoms with Crippen molar-refractivity contribution < 1.29 is 14.3 Å². The highest BCUT2D eigenvalue weighted by Crippen LogP contribution is 2.33. The van der Waals surface area contributed by atoms with Gasteiger partial charge in [0.05, 0.1) is 18.3 Å². The lowest BCUT2D eigenvalue weighted by Gasteiger charge is -2.33. The molecule has 2 aromatic heterocycles. The molecule has 1 aliphatic heterocycles. The molecule has 1 aliphatic rings. The van der Waals surface area contributed by atoms with Gasteiger partial charge in [0.25, 0.3) is 0 Å². The van der Waals surface area contributed by atoms with Crippen molar-refractivity contribution in [3.63, 3.8) is 0 Å². The number of rotatable bonds is 3. The van der Waals surface area contributed by atoms with Crippen molar-refractivity contribution in [3.05, 3.63) is 54.0 Å². The highest BCUT2D eigenvalue weighted by Gasteiger charge is 2.31. The summed E-state index contributed by atoms with van der Waals surface area (Å²) in [5.41, 5.74) is 3.68. The van der Waals surface area contributed by atoms with Gasteiger partial charge in [-0.25, -0.2) is 9.78 Å². The number of likely N-dealkylation sites (tertiary alicyclic amines) is 1. The topological polar surface area (TPSA) is 56.1 Å². The van der Waals surface area contributed by atoms with E-state index in [1.54, 1.807) is 7.11 Å². The van der Waals surface area contributed by atoms with Gasteiger partial charge in [0.15, 0.2) is 0 Å². The van der Waals surface area contributed by atoms with Gasteiger partial charge in [-0.2, -0.15) is 0 Å². The zero-order valence-electron chi connectivity index (χ0n) is 19.0. The largest absolute Gasteiger partial charge is 0.497 e. The summed E-state index contributed by atoms with van der Waals surface area (Å²) in [6.07, 6.45) is 3.80. The van der Waals surface area contributed by atoms with Crippen LogP contribution in [-0.2, 0) is 4.74 Å². The molecule has 1 amide bonds. The predicted molar refractivity (Wildman–Crippen MR) is 122 cm³/mol. The number of hydrogen-bond donors (Lipinski definition) is 0. The molecule has 6 heteroatoms. The van der Waals surface area contributed by atoms with Gasteiger partial charge in [-0.3, -0.25) is 0 Å². The number of aromatic nitrogens is 2. The van der Waals surface area contributed by atoms with E-state index in [1.165, 1.54) is 5.56 Å². The number of ether oxygens (including phenoxy) is 2. The minimum atomic E-state index is -0.499. The lowest BCUT2D eigenvalue weighted by Crippen LogP contribution is -2.42. The summed E-state index contributed by atoms with van der Waals surface area (Å²) in [5.74, 6) is 1.95. The first kappa shape index (κ1) is 21.2. The number of methoxy groups -OCH3 is 1. The van der Waals surface area contributed by atoms with E-state index in [-0.39, 0.29) is 12.0 Å². The third-order valence-corrected chi connectivity index (χ3v) is 5.59. The summed E-state index contributed by atoms with van der Waals surface area (Å²) < 4.78 is 13.2. The monoisotopic (exact) mass is 421 g/mol. The van der Waals surface area contributed by atoms with E-state index in [0.29, 0.717) is 6.54 Å². The molecule has 1 unspecified atom stereocenters. The summed E-state index contributed by atoms with van der Waals surface area (Å²) >= 11 is 0. The summed E-state index contributed by atoms with van der Waals surface area (Å²) in [4.78, 5) is 19.6. The maximum absolute atomic E-state index is 12.7. The second-order valence-corrected chi connectivity index (χ2v) is 9.28. The number of pyridine rings is 1. The molecule has 1 fully saturated rings. The summed E-state index contributed by atoms with van der Waals surface area (Å²) in [7, 11) is 1.67. The van der Waals surface area contributed by atoms with E-state index in [4.69, 9.17) is 14.5 Å². The first-order valence-electron chi connectivity index (χ1n) is 10.9. The van der Waals surface area contributed by atoms with Crippen LogP contribution in [0.5, 0.6) is 5.75 Å². The molecular formula is C25H31N3O3. The molecular weight excluding hydrogens is 390 g/mol. The normalized spacial score (nSPS) is 17.1. The second kappa shape index (κ2) is 8.25. The SMILES string of the molecule is COc1cccc(-c2nc(C3CCCN(C(=O)OC(C)(C)C)C3)n3cc(C)ccc23)c1. The van der Waals surface area contributed by atoms with Crippen LogP contribution in [0.25, 0.3) is 16.8 Å². The predicted octanol–water partition coefficient (Wildman–Crippen LogP) is 5.43. The summed E-state index contributed by atoms with van der Waals surface area (Å²) in [6, 6.07) is 12.2. The first-order valence-corrected chi connectivity index (χ1v) is 10.9. The fraction of sp³-hybridized carbons (Fsp3) is 0.440. The lowest BCUT2D eigenvalue weighted by molar-refractivity contribution is 0.0196. The Labute approximate surface area is 183 Å². The molecule has 3 aromatic rings. The lowest BCUT2D eigenvalue weighted by atomic mass is 9.97. The van der Waals surface area contributed by atoms with Gasteiger partial charge in [-0.05, 0) is 64.3 Å². The fourth-order valence-electron chi connectivity index (χ4n) is 4.17. The molecule has 0 bridgehead atoms. The van der Waals surface area contributed by atoms with E-state index in [2.05, 4.69) is 35.7 Å². The molecule has 1 aromatic carbocycles. The van der Waals surface area contributed by atoms with Crippen LogP contribution in [-0.4, -0.2) is 46.2 Å². The van der Waals surface area contributed by atoms with Gasteiger partial charge in [-0.1, -0.05) is 18.2 Å². The van der Waals surface area contributed by atoms with Crippen LogP contribution in [0.1, 0.15) is 50.9 Å². The van der Waals surface area contributed by atoms with Crippen LogP contribution >= 0.6 is 0 Å². The van der Waals surface area contributed by atoms with Gasteiger partial charge in [0.1, 0.15) is 17.2 Å². The Morgan fingerprint density at radius 1 is 1.19 bits per heavy atom. The maximum Gasteiger partial charge on any atom is 0.410 e. The van der Waals surface area contributed by atoms with Gasteiger partial charge >= 0.3 is 6.09 Å². The average molecular weight is 422 g/mol. The van der Waals surface area contributed by atoms with Crippen LogP contribution in [0.15, 0.2) is 42.6 Å². The Hall–Kier alpha value is -3.02. The molecule has 0 aliphatic carbocycles. The van der Waals surface area contributed by atoms with Gasteiger partial charge in [0.2, 0.25) is 0 Å². The minimum Gasteiger partial charge on any atom is -0.497 e. The standard InChI is InChI=1S/C25H31N3O3/c1-17-11-12-21-22(18-8-6-10-20(14-18)30-5)26-23(28(21)15-17)19-9-7-13-27(16-19)24(29)31-25(2,3)4/h6,8,10-12,14-15,19H,7,9,13,16H2,1-5H3. The van der Waals surface area contributed by atoms with Crippen molar-refractivity contribution in [2.45, 2.75) is 52.1 Å². The fourth-order valence-corrected chi connectivity index (χ4v) is 4.17. The second-order valence-electron chi connectivity index (χ2n) is 9.28. The number of nitrogens with zero attached hydrogens (tertiary/aromatic N) is 3. The molecule has 164 valence electrons. The maximum atomic E-state index is 12.7. The van der Waals surface area contributed by atoms with Crippen molar-refractivity contribution in [3.8, 4) is 17.0 Å². The number of hydrogen-bond acceptors (Lipinski definition) is 4. The van der Waals surface area contributed by atoms with Crippen molar-refractivity contribution in [2.24, 2.45) is 0 Å². The minimum absolute atomic E-state index is 0.148. The van der Waals surface area contributed by atoms with E-state index < -0.39 is 5.60 Å². The highest BCUT2D eigenvalue weighted by molar-refractivity contribution is 5.78. The first-order chi connectivity index (χ1) is 14.7. The number of piperidine rings is 1. The molecule has 0 radical (unpaired) electrons. The summed E-state index contributed by atoms with van der Waals surface area (Å²) in [5, 5.41) is 0. The van der Waals surface area contributed by atoms with Gasteiger partial charge < -0.3 is 18.8 Å². The van der Waals surface area contributed by atoms with E-state index in [0.717, 1.165) is 47.7 Å². The number of amides is 1. The third kappa shape index (κ3) is 4.53. The molecule has 0 N–H and O–H groups in total. The zero-order valence-corrected chi connectivity index (χ0v) is 19.0. The number of benzene rings is 1. The van der Waals surface area contributed by atoms with E-state index in [9.17, 15) is 4.79 Å². The zero-order chi connectivity index (χ0) is 22.2. The molecule has 1 atom stereocenters. The van der Waals surface area contributed by atoms with Crippen LogP contribution in [0.3, 0.4) is 0 Å². The molecule has 6 nitrogen and oxygen atoms in total. The van der Waals surface area contributed by atoms with Crippen LogP contribution in [0.2, 0.25) is 0 Å². The number of aryl methyl sites for hydroxylation is 1. The van der Waals surface area contributed by atoms with Crippen molar-refractivity contribution >= 4 is 11.6 Å². The Morgan fingerprint density at radius 3 is 2.74 bits per heavy atom. The van der Waals surface area contributed by atoms with Crippen molar-refractivity contribution in [1.29, 1.82) is 0 Å². The highest BCUT2D eigenvalue weighted by atomic mass is 16.6. The molecule has 3 heterocycles. The average Bonchev–Trinajstić information content (AvgIpc) is 3.11.